The number of aromatic nitrogens is 2. The number of para-hydroxylation sites is 1. The topological polar surface area (TPSA) is 128 Å². The summed E-state index contributed by atoms with van der Waals surface area (Å²) in [7, 11) is -2.62. The van der Waals surface area contributed by atoms with Gasteiger partial charge in [-0.2, -0.15) is 8.42 Å². The van der Waals surface area contributed by atoms with Gasteiger partial charge in [0, 0.05) is 50.6 Å². The summed E-state index contributed by atoms with van der Waals surface area (Å²) in [4.78, 5) is 33.5. The van der Waals surface area contributed by atoms with Crippen molar-refractivity contribution in [1.82, 2.24) is 14.5 Å². The van der Waals surface area contributed by atoms with Gasteiger partial charge in [-0.05, 0) is 35.9 Å². The zero-order valence-corrected chi connectivity index (χ0v) is 23.1. The molecule has 4 aromatic rings. The molecule has 1 aromatic heterocycles. The average molecular weight is 578 g/mol. The van der Waals surface area contributed by atoms with Crippen molar-refractivity contribution in [2.75, 3.05) is 31.1 Å². The SMILES string of the molecule is Cn1cc(S(=O)(=O)OCc2ccccc2)nc1-c1ccc(C(N)=O)cc1C(=O)N1CCN(c2ccccc2F)CC1. The maximum Gasteiger partial charge on any atom is 0.316 e. The maximum atomic E-state index is 14.3. The largest absolute Gasteiger partial charge is 0.366 e. The number of anilines is 1. The zero-order chi connectivity index (χ0) is 29.1. The molecule has 2 N–H and O–H groups in total. The number of hydrogen-bond acceptors (Lipinski definition) is 7. The van der Waals surface area contributed by atoms with E-state index in [1.807, 2.05) is 11.0 Å². The predicted molar refractivity (Wildman–Crippen MR) is 150 cm³/mol. The third-order valence-electron chi connectivity index (χ3n) is 6.87. The van der Waals surface area contributed by atoms with Gasteiger partial charge in [0.1, 0.15) is 11.6 Å². The Labute approximate surface area is 236 Å². The van der Waals surface area contributed by atoms with E-state index in [-0.39, 0.29) is 40.3 Å². The molecule has 12 heteroatoms. The van der Waals surface area contributed by atoms with Crippen LogP contribution in [0.25, 0.3) is 11.4 Å². The molecule has 1 aliphatic heterocycles. The summed E-state index contributed by atoms with van der Waals surface area (Å²) >= 11 is 0. The molecule has 0 spiro atoms. The summed E-state index contributed by atoms with van der Waals surface area (Å²) in [6, 6.07) is 19.7. The van der Waals surface area contributed by atoms with E-state index in [9.17, 15) is 22.4 Å². The number of imidazole rings is 1. The van der Waals surface area contributed by atoms with Gasteiger partial charge in [-0.3, -0.25) is 13.8 Å². The molecule has 5 rings (SSSR count). The van der Waals surface area contributed by atoms with Crippen molar-refractivity contribution in [2.45, 2.75) is 11.6 Å². The number of benzene rings is 3. The zero-order valence-electron chi connectivity index (χ0n) is 22.2. The van der Waals surface area contributed by atoms with Gasteiger partial charge in [-0.1, -0.05) is 42.5 Å². The van der Waals surface area contributed by atoms with E-state index in [1.165, 1.54) is 35.0 Å². The first kappa shape index (κ1) is 28.0. The number of nitrogens with zero attached hydrogens (tertiary/aromatic N) is 4. The highest BCUT2D eigenvalue weighted by Crippen LogP contribution is 2.28. The molecular weight excluding hydrogens is 549 g/mol. The van der Waals surface area contributed by atoms with Gasteiger partial charge in [0.05, 0.1) is 17.9 Å². The normalized spacial score (nSPS) is 13.8. The Balaban J connectivity index is 1.41. The van der Waals surface area contributed by atoms with E-state index in [0.717, 1.165) is 0 Å². The Morgan fingerprint density at radius 2 is 1.66 bits per heavy atom. The van der Waals surface area contributed by atoms with Crippen LogP contribution in [-0.2, 0) is 28.0 Å². The summed E-state index contributed by atoms with van der Waals surface area (Å²) in [6.45, 7) is 1.26. The second-order valence-electron chi connectivity index (χ2n) is 9.57. The molecule has 1 saturated heterocycles. The molecule has 3 aromatic carbocycles. The number of carbonyl (C=O) groups excluding carboxylic acids is 2. The first-order chi connectivity index (χ1) is 19.6. The standard InChI is InChI=1S/C29H28FN5O5S/c1-33-18-26(41(38,39)40-19-20-7-3-2-4-8-20)32-28(33)22-12-11-21(27(31)36)17-23(22)29(37)35-15-13-34(14-16-35)25-10-6-5-9-24(25)30/h2-12,17-18H,13-16,19H2,1H3,(H2,31,36). The lowest BCUT2D eigenvalue weighted by Crippen LogP contribution is -2.49. The molecule has 2 amide bonds. The molecule has 0 aliphatic carbocycles. The lowest BCUT2D eigenvalue weighted by molar-refractivity contribution is 0.0747. The minimum Gasteiger partial charge on any atom is -0.366 e. The Bertz CT molecular complexity index is 1700. The van der Waals surface area contributed by atoms with Crippen LogP contribution in [0.1, 0.15) is 26.3 Å². The van der Waals surface area contributed by atoms with Crippen molar-refractivity contribution in [3.05, 3.63) is 102 Å². The summed E-state index contributed by atoms with van der Waals surface area (Å²) in [6.07, 6.45) is 1.30. The quantitative estimate of drug-likeness (QED) is 0.319. The minimum atomic E-state index is -4.22. The van der Waals surface area contributed by atoms with E-state index >= 15 is 0 Å². The van der Waals surface area contributed by atoms with Gasteiger partial charge >= 0.3 is 10.1 Å². The van der Waals surface area contributed by atoms with Crippen LogP contribution in [-0.4, -0.2) is 60.9 Å². The third kappa shape index (κ3) is 5.98. The van der Waals surface area contributed by atoms with Crippen molar-refractivity contribution in [2.24, 2.45) is 12.8 Å². The van der Waals surface area contributed by atoms with Crippen molar-refractivity contribution in [1.29, 1.82) is 0 Å². The molecule has 0 saturated carbocycles. The van der Waals surface area contributed by atoms with Gasteiger partial charge in [0.25, 0.3) is 5.91 Å². The number of hydrogen-bond donors (Lipinski definition) is 1. The van der Waals surface area contributed by atoms with Gasteiger partial charge in [0.2, 0.25) is 10.9 Å². The van der Waals surface area contributed by atoms with Crippen LogP contribution < -0.4 is 10.6 Å². The van der Waals surface area contributed by atoms with Crippen LogP contribution in [0.15, 0.2) is 84.0 Å². The van der Waals surface area contributed by atoms with Crippen LogP contribution in [0, 0.1) is 5.82 Å². The Morgan fingerprint density at radius 1 is 0.976 bits per heavy atom. The molecule has 2 heterocycles. The van der Waals surface area contributed by atoms with Crippen LogP contribution in [0.4, 0.5) is 10.1 Å². The van der Waals surface area contributed by atoms with E-state index < -0.39 is 16.0 Å². The molecule has 1 fully saturated rings. The molecular formula is C29H28FN5O5S. The first-order valence-electron chi connectivity index (χ1n) is 12.8. The fourth-order valence-electron chi connectivity index (χ4n) is 4.69. The van der Waals surface area contributed by atoms with Crippen LogP contribution >= 0.6 is 0 Å². The molecule has 212 valence electrons. The number of primary amides is 1. The number of rotatable bonds is 8. The first-order valence-corrected chi connectivity index (χ1v) is 14.2. The molecule has 0 bridgehead atoms. The second-order valence-corrected chi connectivity index (χ2v) is 11.1. The average Bonchev–Trinajstić information content (AvgIpc) is 3.38. The van der Waals surface area contributed by atoms with Gasteiger partial charge < -0.3 is 20.1 Å². The van der Waals surface area contributed by atoms with Gasteiger partial charge in [0.15, 0.2) is 0 Å². The number of nitrogens with two attached hydrogens (primary N) is 1. The van der Waals surface area contributed by atoms with Crippen molar-refractivity contribution in [3.63, 3.8) is 0 Å². The van der Waals surface area contributed by atoms with Crippen molar-refractivity contribution < 1.29 is 26.6 Å². The number of piperazine rings is 1. The Hall–Kier alpha value is -4.55. The highest BCUT2D eigenvalue weighted by atomic mass is 32.2. The fraction of sp³-hybridized carbons (Fsp3) is 0.207. The van der Waals surface area contributed by atoms with Crippen molar-refractivity contribution in [3.8, 4) is 11.4 Å². The summed E-state index contributed by atoms with van der Waals surface area (Å²) < 4.78 is 46.8. The van der Waals surface area contributed by atoms with E-state index in [4.69, 9.17) is 9.92 Å². The number of carbonyl (C=O) groups is 2. The number of halogens is 1. The maximum absolute atomic E-state index is 14.3. The van der Waals surface area contributed by atoms with E-state index in [2.05, 4.69) is 4.98 Å². The van der Waals surface area contributed by atoms with Crippen molar-refractivity contribution >= 4 is 27.6 Å². The molecule has 0 atom stereocenters. The molecule has 1 aliphatic rings. The molecule has 0 unspecified atom stereocenters. The summed E-state index contributed by atoms with van der Waals surface area (Å²) in [5.41, 5.74) is 7.23. The molecule has 41 heavy (non-hydrogen) atoms. The predicted octanol–water partition coefficient (Wildman–Crippen LogP) is 3.19. The van der Waals surface area contributed by atoms with Crippen LogP contribution in [0.2, 0.25) is 0 Å². The smallest absolute Gasteiger partial charge is 0.316 e. The highest BCUT2D eigenvalue weighted by Gasteiger charge is 2.28. The lowest BCUT2D eigenvalue weighted by Gasteiger charge is -2.36. The van der Waals surface area contributed by atoms with Crippen LogP contribution in [0.3, 0.4) is 0 Å². The van der Waals surface area contributed by atoms with Gasteiger partial charge in [-0.15, -0.1) is 0 Å². The van der Waals surface area contributed by atoms with Crippen LogP contribution in [0.5, 0.6) is 0 Å². The fourth-order valence-corrected chi connectivity index (χ4v) is 5.59. The van der Waals surface area contributed by atoms with Gasteiger partial charge in [-0.25, -0.2) is 9.37 Å². The number of amides is 2. The van der Waals surface area contributed by atoms with E-state index in [0.29, 0.717) is 43.0 Å². The summed E-state index contributed by atoms with van der Waals surface area (Å²) in [5.74, 6) is -1.25. The molecule has 10 nitrogen and oxygen atoms in total. The highest BCUT2D eigenvalue weighted by molar-refractivity contribution is 7.86. The molecule has 0 radical (unpaired) electrons. The lowest BCUT2D eigenvalue weighted by atomic mass is 10.0. The summed E-state index contributed by atoms with van der Waals surface area (Å²) in [5, 5.41) is -0.318. The number of aryl methyl sites for hydroxylation is 1. The minimum absolute atomic E-state index is 0.121. The third-order valence-corrected chi connectivity index (χ3v) is 8.01. The second kappa shape index (κ2) is 11.5. The monoisotopic (exact) mass is 577 g/mol. The Morgan fingerprint density at radius 3 is 2.34 bits per heavy atom. The van der Waals surface area contributed by atoms with E-state index in [1.54, 1.807) is 54.4 Å². The Kier molecular flexibility index (Phi) is 7.86.